The smallest absolute Gasteiger partial charge is 0.216 e. The lowest BCUT2D eigenvalue weighted by Gasteiger charge is -2.22. The summed E-state index contributed by atoms with van der Waals surface area (Å²) < 4.78 is 13.3. The molecule has 1 N–H and O–H groups in total. The zero-order valence-corrected chi connectivity index (χ0v) is 9.67. The normalized spacial score (nSPS) is 17.2. The molecule has 1 aromatic heterocycles. The number of pyridine rings is 1. The van der Waals surface area contributed by atoms with Gasteiger partial charge < -0.3 is 10.2 Å². The van der Waals surface area contributed by atoms with E-state index in [0.29, 0.717) is 12.0 Å². The number of nitrogens with one attached hydrogen (secondary N) is 1. The van der Waals surface area contributed by atoms with E-state index in [1.165, 1.54) is 0 Å². The van der Waals surface area contributed by atoms with Gasteiger partial charge in [-0.05, 0) is 25.5 Å². The molecule has 2 rings (SSSR count). The maximum Gasteiger partial charge on any atom is 0.216 e. The van der Waals surface area contributed by atoms with Crippen molar-refractivity contribution in [1.82, 2.24) is 10.3 Å². The van der Waals surface area contributed by atoms with Gasteiger partial charge in [-0.25, -0.2) is 4.98 Å². The van der Waals surface area contributed by atoms with E-state index >= 15 is 0 Å². The molecule has 88 valence electrons. The van der Waals surface area contributed by atoms with Crippen molar-refractivity contribution in [3.63, 3.8) is 0 Å². The molecule has 1 aliphatic rings. The lowest BCUT2D eigenvalue weighted by Crippen LogP contribution is -2.28. The van der Waals surface area contributed by atoms with Gasteiger partial charge in [0.1, 0.15) is 0 Å². The zero-order chi connectivity index (χ0) is 11.4. The van der Waals surface area contributed by atoms with Gasteiger partial charge in [-0.15, -0.1) is 0 Å². The molecule has 1 saturated heterocycles. The monoisotopic (exact) mass is 223 g/mol. The summed E-state index contributed by atoms with van der Waals surface area (Å²) in [5.41, 5.74) is 1.75. The molecule has 3 nitrogen and oxygen atoms in total. The van der Waals surface area contributed by atoms with E-state index in [9.17, 15) is 4.39 Å². The average molecular weight is 223 g/mol. The molecule has 0 radical (unpaired) electrons. The van der Waals surface area contributed by atoms with Gasteiger partial charge in [0.05, 0.1) is 11.9 Å². The SMILES string of the molecule is CCc1cc(N2CCCNCC2)cnc1F. The second-order valence-electron chi connectivity index (χ2n) is 4.09. The van der Waals surface area contributed by atoms with Crippen LogP contribution in [0.2, 0.25) is 0 Å². The predicted molar refractivity (Wildman–Crippen MR) is 63.3 cm³/mol. The predicted octanol–water partition coefficient (Wildman–Crippen LogP) is 1.58. The fraction of sp³-hybridized carbons (Fsp3) is 0.583. The summed E-state index contributed by atoms with van der Waals surface area (Å²) in [6, 6.07) is 1.92. The van der Waals surface area contributed by atoms with Crippen molar-refractivity contribution in [2.75, 3.05) is 31.1 Å². The Kier molecular flexibility index (Phi) is 3.72. The molecule has 0 atom stereocenters. The number of aryl methyl sites for hydroxylation is 1. The molecule has 16 heavy (non-hydrogen) atoms. The van der Waals surface area contributed by atoms with Gasteiger partial charge in [0.2, 0.25) is 5.95 Å². The Bertz CT molecular complexity index is 346. The van der Waals surface area contributed by atoms with E-state index in [1.54, 1.807) is 6.20 Å². The van der Waals surface area contributed by atoms with Crippen LogP contribution in [0.15, 0.2) is 12.3 Å². The molecule has 1 aromatic rings. The van der Waals surface area contributed by atoms with Crippen LogP contribution in [0.25, 0.3) is 0 Å². The van der Waals surface area contributed by atoms with Crippen LogP contribution in [-0.4, -0.2) is 31.2 Å². The average Bonchev–Trinajstić information content (AvgIpc) is 2.58. The van der Waals surface area contributed by atoms with Crippen molar-refractivity contribution in [1.29, 1.82) is 0 Å². The molecule has 0 saturated carbocycles. The van der Waals surface area contributed by atoms with E-state index in [1.807, 2.05) is 13.0 Å². The molecule has 4 heteroatoms. The highest BCUT2D eigenvalue weighted by Crippen LogP contribution is 2.17. The molecular weight excluding hydrogens is 205 g/mol. The summed E-state index contributed by atoms with van der Waals surface area (Å²) in [4.78, 5) is 6.10. The van der Waals surface area contributed by atoms with Crippen LogP contribution in [0, 0.1) is 5.95 Å². The Morgan fingerprint density at radius 3 is 3.12 bits per heavy atom. The highest BCUT2D eigenvalue weighted by atomic mass is 19.1. The lowest BCUT2D eigenvalue weighted by molar-refractivity contribution is 0.568. The number of halogens is 1. The van der Waals surface area contributed by atoms with Gasteiger partial charge in [-0.1, -0.05) is 6.92 Å². The molecule has 0 amide bonds. The van der Waals surface area contributed by atoms with Crippen LogP contribution >= 0.6 is 0 Å². The van der Waals surface area contributed by atoms with Crippen molar-refractivity contribution in [3.05, 3.63) is 23.8 Å². The van der Waals surface area contributed by atoms with Crippen molar-refractivity contribution < 1.29 is 4.39 Å². The standard InChI is InChI=1S/C12H18FN3/c1-2-10-8-11(9-15-12(10)13)16-6-3-4-14-5-7-16/h8-9,14H,2-7H2,1H3. The van der Waals surface area contributed by atoms with Crippen LogP contribution in [-0.2, 0) is 6.42 Å². The number of rotatable bonds is 2. The van der Waals surface area contributed by atoms with Crippen LogP contribution in [0.3, 0.4) is 0 Å². The summed E-state index contributed by atoms with van der Waals surface area (Å²) >= 11 is 0. The molecule has 1 fully saturated rings. The van der Waals surface area contributed by atoms with Crippen LogP contribution in [0.4, 0.5) is 10.1 Å². The van der Waals surface area contributed by atoms with Gasteiger partial charge in [0, 0.05) is 25.2 Å². The summed E-state index contributed by atoms with van der Waals surface area (Å²) in [5, 5.41) is 3.35. The first-order valence-electron chi connectivity index (χ1n) is 5.91. The second kappa shape index (κ2) is 5.25. The van der Waals surface area contributed by atoms with Crippen LogP contribution in [0.1, 0.15) is 18.9 Å². The minimum absolute atomic E-state index is 0.334. The molecular formula is C12H18FN3. The highest BCUT2D eigenvalue weighted by molar-refractivity contribution is 5.46. The van der Waals surface area contributed by atoms with E-state index < -0.39 is 0 Å². The third-order valence-corrected chi connectivity index (χ3v) is 2.98. The largest absolute Gasteiger partial charge is 0.369 e. The third-order valence-electron chi connectivity index (χ3n) is 2.98. The van der Waals surface area contributed by atoms with Gasteiger partial charge >= 0.3 is 0 Å². The second-order valence-corrected chi connectivity index (χ2v) is 4.09. The highest BCUT2D eigenvalue weighted by Gasteiger charge is 2.11. The fourth-order valence-corrected chi connectivity index (χ4v) is 2.01. The zero-order valence-electron chi connectivity index (χ0n) is 9.67. The quantitative estimate of drug-likeness (QED) is 0.772. The maximum absolute atomic E-state index is 13.3. The number of hydrogen-bond donors (Lipinski definition) is 1. The molecule has 0 bridgehead atoms. The maximum atomic E-state index is 13.3. The molecule has 2 heterocycles. The molecule has 0 spiro atoms. The summed E-state index contributed by atoms with van der Waals surface area (Å²) in [5.74, 6) is -0.334. The first kappa shape index (κ1) is 11.3. The summed E-state index contributed by atoms with van der Waals surface area (Å²) in [6.45, 7) is 5.98. The Morgan fingerprint density at radius 2 is 2.31 bits per heavy atom. The van der Waals surface area contributed by atoms with E-state index in [4.69, 9.17) is 0 Å². The van der Waals surface area contributed by atoms with Crippen LogP contribution < -0.4 is 10.2 Å². The fourth-order valence-electron chi connectivity index (χ4n) is 2.01. The van der Waals surface area contributed by atoms with Gasteiger partial charge in [-0.2, -0.15) is 4.39 Å². The lowest BCUT2D eigenvalue weighted by atomic mass is 10.2. The third kappa shape index (κ3) is 2.50. The van der Waals surface area contributed by atoms with Gasteiger partial charge in [0.25, 0.3) is 0 Å². The topological polar surface area (TPSA) is 28.2 Å². The van der Waals surface area contributed by atoms with Crippen molar-refractivity contribution in [3.8, 4) is 0 Å². The Hall–Kier alpha value is -1.16. The van der Waals surface area contributed by atoms with E-state index in [0.717, 1.165) is 38.3 Å². The van der Waals surface area contributed by atoms with Gasteiger partial charge in [0.15, 0.2) is 0 Å². The summed E-state index contributed by atoms with van der Waals surface area (Å²) in [7, 11) is 0. The van der Waals surface area contributed by atoms with Crippen molar-refractivity contribution in [2.24, 2.45) is 0 Å². The Morgan fingerprint density at radius 1 is 1.44 bits per heavy atom. The van der Waals surface area contributed by atoms with Crippen molar-refractivity contribution in [2.45, 2.75) is 19.8 Å². The van der Waals surface area contributed by atoms with Crippen molar-refractivity contribution >= 4 is 5.69 Å². The molecule has 0 aromatic carbocycles. The Labute approximate surface area is 95.7 Å². The number of aromatic nitrogens is 1. The first-order valence-corrected chi connectivity index (χ1v) is 5.91. The molecule has 0 unspecified atom stereocenters. The van der Waals surface area contributed by atoms with E-state index in [-0.39, 0.29) is 5.95 Å². The van der Waals surface area contributed by atoms with Gasteiger partial charge in [-0.3, -0.25) is 0 Å². The van der Waals surface area contributed by atoms with E-state index in [2.05, 4.69) is 15.2 Å². The first-order chi connectivity index (χ1) is 7.81. The van der Waals surface area contributed by atoms with Crippen LogP contribution in [0.5, 0.6) is 0 Å². The Balaban J connectivity index is 2.18. The molecule has 1 aliphatic heterocycles. The number of nitrogens with zero attached hydrogens (tertiary/aromatic N) is 2. The minimum atomic E-state index is -0.334. The number of anilines is 1. The number of hydrogen-bond acceptors (Lipinski definition) is 3. The minimum Gasteiger partial charge on any atom is -0.369 e. The molecule has 0 aliphatic carbocycles. The summed E-state index contributed by atoms with van der Waals surface area (Å²) in [6.07, 6.45) is 3.46.